The Kier molecular flexibility index (Phi) is 5.98. The molecule has 0 spiro atoms. The Hall–Kier alpha value is -1.47. The Balaban J connectivity index is 2.94. The summed E-state index contributed by atoms with van der Waals surface area (Å²) in [5, 5.41) is 0.767. The van der Waals surface area contributed by atoms with Gasteiger partial charge in [-0.1, -0.05) is 71.3 Å². The third-order valence-electron chi connectivity index (χ3n) is 4.51. The predicted octanol–water partition coefficient (Wildman–Crippen LogP) is 7.39. The zero-order valence-electron chi connectivity index (χ0n) is 15.9. The van der Waals surface area contributed by atoms with E-state index in [0.717, 1.165) is 10.8 Å². The minimum absolute atomic E-state index is 0.366. The first-order valence-electron chi connectivity index (χ1n) is 8.78. The van der Waals surface area contributed by atoms with Crippen LogP contribution in [0.5, 0.6) is 5.75 Å². The minimum atomic E-state index is 0.366. The summed E-state index contributed by atoms with van der Waals surface area (Å²) in [6.07, 6.45) is 0. The molecule has 2 rings (SSSR count). The summed E-state index contributed by atoms with van der Waals surface area (Å²) in [7, 11) is 1.78. The van der Waals surface area contributed by atoms with Gasteiger partial charge >= 0.3 is 0 Å². The van der Waals surface area contributed by atoms with Crippen molar-refractivity contribution in [3.63, 3.8) is 0 Å². The van der Waals surface area contributed by atoms with Gasteiger partial charge < -0.3 is 4.74 Å². The molecule has 2 aromatic carbocycles. The third-order valence-corrected chi connectivity index (χ3v) is 4.75. The van der Waals surface area contributed by atoms with E-state index >= 15 is 0 Å². The van der Waals surface area contributed by atoms with Gasteiger partial charge in [-0.2, -0.15) is 0 Å². The van der Waals surface area contributed by atoms with E-state index in [1.165, 1.54) is 27.8 Å². The second-order valence-electron chi connectivity index (χ2n) is 7.35. The van der Waals surface area contributed by atoms with Gasteiger partial charge in [0.2, 0.25) is 0 Å². The molecule has 0 atom stereocenters. The molecule has 0 radical (unpaired) electrons. The standard InChI is InChI=1S/C22H29ClO/c1-13(2)18-12-19(14(3)4)22(24-7)20(15(5)6)21(18)16-9-8-10-17(23)11-16/h8-15H,1-7H3. The molecule has 2 heteroatoms. The number of methoxy groups -OCH3 is 1. The fourth-order valence-electron chi connectivity index (χ4n) is 3.36. The summed E-state index contributed by atoms with van der Waals surface area (Å²) in [5.74, 6) is 2.24. The normalized spacial score (nSPS) is 11.6. The number of ether oxygens (including phenoxy) is 1. The van der Waals surface area contributed by atoms with Gasteiger partial charge in [-0.15, -0.1) is 0 Å². The molecule has 0 unspecified atom stereocenters. The van der Waals surface area contributed by atoms with E-state index in [1.807, 2.05) is 12.1 Å². The molecular weight excluding hydrogens is 316 g/mol. The summed E-state index contributed by atoms with van der Waals surface area (Å²) in [4.78, 5) is 0. The molecule has 0 saturated heterocycles. The van der Waals surface area contributed by atoms with Crippen molar-refractivity contribution < 1.29 is 4.74 Å². The number of hydrogen-bond acceptors (Lipinski definition) is 1. The fraction of sp³-hybridized carbons (Fsp3) is 0.455. The molecule has 0 aliphatic rings. The van der Waals surface area contributed by atoms with Crippen molar-refractivity contribution in [2.45, 2.75) is 59.3 Å². The van der Waals surface area contributed by atoms with E-state index in [9.17, 15) is 0 Å². The molecule has 0 aliphatic heterocycles. The lowest BCUT2D eigenvalue weighted by Crippen LogP contribution is -2.07. The maximum atomic E-state index is 6.28. The first kappa shape index (κ1) is 18.9. The van der Waals surface area contributed by atoms with Crippen LogP contribution in [-0.4, -0.2) is 7.11 Å². The second kappa shape index (κ2) is 7.61. The molecule has 130 valence electrons. The highest BCUT2D eigenvalue weighted by atomic mass is 35.5. The maximum Gasteiger partial charge on any atom is 0.126 e. The SMILES string of the molecule is COc1c(C(C)C)cc(C(C)C)c(-c2cccc(Cl)c2)c1C(C)C. The lowest BCUT2D eigenvalue weighted by atomic mass is 9.81. The van der Waals surface area contributed by atoms with E-state index in [4.69, 9.17) is 16.3 Å². The van der Waals surface area contributed by atoms with Gasteiger partial charge in [0.25, 0.3) is 0 Å². The van der Waals surface area contributed by atoms with Gasteiger partial charge in [0.05, 0.1) is 7.11 Å². The van der Waals surface area contributed by atoms with Crippen LogP contribution >= 0.6 is 11.6 Å². The highest BCUT2D eigenvalue weighted by Crippen LogP contribution is 2.45. The van der Waals surface area contributed by atoms with Crippen molar-refractivity contribution in [1.29, 1.82) is 0 Å². The summed E-state index contributed by atoms with van der Waals surface area (Å²) in [6.45, 7) is 13.4. The van der Waals surface area contributed by atoms with Gasteiger partial charge in [-0.05, 0) is 52.1 Å². The van der Waals surface area contributed by atoms with E-state index in [-0.39, 0.29) is 0 Å². The molecule has 0 heterocycles. The summed E-state index contributed by atoms with van der Waals surface area (Å²) >= 11 is 6.28. The molecule has 0 aromatic heterocycles. The van der Waals surface area contributed by atoms with Crippen LogP contribution in [-0.2, 0) is 0 Å². The van der Waals surface area contributed by atoms with Gasteiger partial charge in [0.1, 0.15) is 5.75 Å². The van der Waals surface area contributed by atoms with Gasteiger partial charge in [-0.3, -0.25) is 0 Å². The van der Waals surface area contributed by atoms with Crippen molar-refractivity contribution in [2.75, 3.05) is 7.11 Å². The van der Waals surface area contributed by atoms with Crippen LogP contribution in [0.4, 0.5) is 0 Å². The first-order chi connectivity index (χ1) is 11.3. The Morgan fingerprint density at radius 2 is 1.46 bits per heavy atom. The van der Waals surface area contributed by atoms with Crippen LogP contribution in [0.2, 0.25) is 5.02 Å². The maximum absolute atomic E-state index is 6.28. The van der Waals surface area contributed by atoms with Gasteiger partial charge in [0, 0.05) is 10.6 Å². The largest absolute Gasteiger partial charge is 0.496 e. The molecule has 0 fully saturated rings. The Morgan fingerprint density at radius 3 is 1.92 bits per heavy atom. The van der Waals surface area contributed by atoms with Gasteiger partial charge in [-0.25, -0.2) is 0 Å². The molecule has 0 aliphatic carbocycles. The van der Waals surface area contributed by atoms with Crippen LogP contribution in [0.3, 0.4) is 0 Å². The summed E-state index contributed by atoms with van der Waals surface area (Å²) in [5.41, 5.74) is 6.39. The average molecular weight is 345 g/mol. The van der Waals surface area contributed by atoms with Crippen LogP contribution < -0.4 is 4.74 Å². The molecule has 24 heavy (non-hydrogen) atoms. The minimum Gasteiger partial charge on any atom is -0.496 e. The smallest absolute Gasteiger partial charge is 0.126 e. The zero-order valence-corrected chi connectivity index (χ0v) is 16.7. The van der Waals surface area contributed by atoms with Crippen molar-refractivity contribution in [3.05, 3.63) is 52.0 Å². The second-order valence-corrected chi connectivity index (χ2v) is 7.79. The Morgan fingerprint density at radius 1 is 0.833 bits per heavy atom. The molecule has 0 N–H and O–H groups in total. The highest BCUT2D eigenvalue weighted by molar-refractivity contribution is 6.30. The summed E-state index contributed by atoms with van der Waals surface area (Å²) < 4.78 is 5.89. The molecular formula is C22H29ClO. The van der Waals surface area contributed by atoms with Crippen LogP contribution in [0.25, 0.3) is 11.1 Å². The highest BCUT2D eigenvalue weighted by Gasteiger charge is 2.24. The molecule has 1 nitrogen and oxygen atoms in total. The third kappa shape index (κ3) is 3.62. The predicted molar refractivity (Wildman–Crippen MR) is 106 cm³/mol. The van der Waals surface area contributed by atoms with Crippen molar-refractivity contribution >= 4 is 11.6 Å². The van der Waals surface area contributed by atoms with E-state index in [0.29, 0.717) is 17.8 Å². The van der Waals surface area contributed by atoms with Crippen molar-refractivity contribution in [3.8, 4) is 16.9 Å². The van der Waals surface area contributed by atoms with Crippen LogP contribution in [0.1, 0.15) is 76.0 Å². The number of benzene rings is 2. The van der Waals surface area contributed by atoms with Crippen LogP contribution in [0.15, 0.2) is 30.3 Å². The Bertz CT molecular complexity index is 714. The van der Waals surface area contributed by atoms with E-state index in [1.54, 1.807) is 7.11 Å². The van der Waals surface area contributed by atoms with Crippen molar-refractivity contribution in [1.82, 2.24) is 0 Å². The first-order valence-corrected chi connectivity index (χ1v) is 9.16. The van der Waals surface area contributed by atoms with E-state index in [2.05, 4.69) is 59.7 Å². The van der Waals surface area contributed by atoms with Crippen LogP contribution in [0, 0.1) is 0 Å². The summed E-state index contributed by atoms with van der Waals surface area (Å²) in [6, 6.07) is 10.5. The number of halogens is 1. The van der Waals surface area contributed by atoms with Gasteiger partial charge in [0.15, 0.2) is 0 Å². The molecule has 0 saturated carbocycles. The number of rotatable bonds is 5. The molecule has 0 bridgehead atoms. The molecule has 0 amide bonds. The molecule has 2 aromatic rings. The topological polar surface area (TPSA) is 9.23 Å². The van der Waals surface area contributed by atoms with E-state index < -0.39 is 0 Å². The lowest BCUT2D eigenvalue weighted by molar-refractivity contribution is 0.400. The average Bonchev–Trinajstić information content (AvgIpc) is 2.52. The van der Waals surface area contributed by atoms with Crippen molar-refractivity contribution in [2.24, 2.45) is 0 Å². The quantitative estimate of drug-likeness (QED) is 0.549. The fourth-order valence-corrected chi connectivity index (χ4v) is 3.55. The monoisotopic (exact) mass is 344 g/mol. The Labute approximate surface area is 152 Å². The zero-order chi connectivity index (χ0) is 18.0. The lowest BCUT2D eigenvalue weighted by Gasteiger charge is -2.26. The number of hydrogen-bond donors (Lipinski definition) is 0.